The molecule has 18 heavy (non-hydrogen) atoms. The van der Waals surface area contributed by atoms with E-state index in [9.17, 15) is 4.79 Å². The molecule has 0 saturated carbocycles. The molecule has 0 aliphatic heterocycles. The molecule has 0 fully saturated rings. The molecule has 0 amide bonds. The van der Waals surface area contributed by atoms with Crippen LogP contribution in [-0.2, 0) is 13.6 Å². The van der Waals surface area contributed by atoms with Crippen molar-refractivity contribution in [1.82, 2.24) is 14.3 Å². The Morgan fingerprint density at radius 2 is 2.22 bits per heavy atom. The number of nitrogens with zero attached hydrogens (tertiary/aromatic N) is 3. The molecule has 96 valence electrons. The van der Waals surface area contributed by atoms with Gasteiger partial charge in [-0.25, -0.2) is 0 Å². The number of hydrogen-bond acceptors (Lipinski definition) is 3. The minimum Gasteiger partial charge on any atom is -0.348 e. The van der Waals surface area contributed by atoms with Gasteiger partial charge in [-0.05, 0) is 28.4 Å². The van der Waals surface area contributed by atoms with Crippen LogP contribution in [0.4, 0.5) is 11.4 Å². The number of anilines is 2. The van der Waals surface area contributed by atoms with Crippen molar-refractivity contribution in [2.24, 2.45) is 7.05 Å². The zero-order valence-corrected chi connectivity index (χ0v) is 11.9. The Morgan fingerprint density at radius 1 is 1.44 bits per heavy atom. The quantitative estimate of drug-likeness (QED) is 0.944. The van der Waals surface area contributed by atoms with Crippen molar-refractivity contribution in [3.8, 4) is 0 Å². The molecule has 0 radical (unpaired) electrons. The predicted octanol–water partition coefficient (Wildman–Crippen LogP) is 2.50. The molecule has 6 heteroatoms. The summed E-state index contributed by atoms with van der Waals surface area (Å²) in [7, 11) is 1.72. The number of rotatable bonds is 4. The average molecular weight is 311 g/mol. The average Bonchev–Trinajstić information content (AvgIpc) is 2.73. The van der Waals surface area contributed by atoms with Gasteiger partial charge in [0.05, 0.1) is 11.9 Å². The van der Waals surface area contributed by atoms with Gasteiger partial charge in [-0.15, -0.1) is 0 Å². The molecule has 2 aromatic rings. The van der Waals surface area contributed by atoms with Crippen LogP contribution in [0.1, 0.15) is 13.3 Å². The molecule has 5 nitrogen and oxygen atoms in total. The molecule has 2 heterocycles. The fourth-order valence-corrected chi connectivity index (χ4v) is 2.23. The number of aryl methyl sites for hydroxylation is 2. The lowest BCUT2D eigenvalue weighted by Crippen LogP contribution is -2.18. The summed E-state index contributed by atoms with van der Waals surface area (Å²) in [5.74, 6) is 0. The molecular formula is C12H15BrN4O. The topological polar surface area (TPSA) is 51.9 Å². The van der Waals surface area contributed by atoms with Crippen LogP contribution in [0.15, 0.2) is 33.9 Å². The van der Waals surface area contributed by atoms with E-state index in [4.69, 9.17) is 0 Å². The van der Waals surface area contributed by atoms with E-state index in [0.717, 1.165) is 23.1 Å². The first-order valence-electron chi connectivity index (χ1n) is 5.76. The predicted molar refractivity (Wildman–Crippen MR) is 75.2 cm³/mol. The third-order valence-corrected chi connectivity index (χ3v) is 2.95. The number of hydrogen-bond donors (Lipinski definition) is 1. The zero-order chi connectivity index (χ0) is 13.1. The Morgan fingerprint density at radius 3 is 2.94 bits per heavy atom. The van der Waals surface area contributed by atoms with Gasteiger partial charge >= 0.3 is 0 Å². The van der Waals surface area contributed by atoms with Crippen molar-refractivity contribution in [2.75, 3.05) is 5.32 Å². The van der Waals surface area contributed by atoms with Gasteiger partial charge in [-0.1, -0.05) is 6.92 Å². The summed E-state index contributed by atoms with van der Waals surface area (Å²) in [6.45, 7) is 2.97. The fourth-order valence-electron chi connectivity index (χ4n) is 1.70. The maximum Gasteiger partial charge on any atom is 0.274 e. The Kier molecular flexibility index (Phi) is 3.86. The maximum absolute atomic E-state index is 11.9. The first-order valence-corrected chi connectivity index (χ1v) is 6.55. The van der Waals surface area contributed by atoms with Crippen molar-refractivity contribution in [1.29, 1.82) is 0 Å². The van der Waals surface area contributed by atoms with Gasteiger partial charge in [-0.3, -0.25) is 9.48 Å². The van der Waals surface area contributed by atoms with E-state index in [1.165, 1.54) is 4.57 Å². The summed E-state index contributed by atoms with van der Waals surface area (Å²) in [5.41, 5.74) is 1.28. The van der Waals surface area contributed by atoms with Gasteiger partial charge in [0.25, 0.3) is 5.56 Å². The second kappa shape index (κ2) is 5.39. The Hall–Kier alpha value is -1.56. The minimum atomic E-state index is -0.0681. The first kappa shape index (κ1) is 12.9. The van der Waals surface area contributed by atoms with Crippen LogP contribution in [0.3, 0.4) is 0 Å². The molecule has 0 atom stereocenters. The smallest absolute Gasteiger partial charge is 0.274 e. The Bertz CT molecular complexity index is 602. The summed E-state index contributed by atoms with van der Waals surface area (Å²) in [4.78, 5) is 11.9. The van der Waals surface area contributed by atoms with E-state index in [2.05, 4.69) is 33.3 Å². The van der Waals surface area contributed by atoms with E-state index in [1.54, 1.807) is 25.5 Å². The zero-order valence-electron chi connectivity index (χ0n) is 10.4. The largest absolute Gasteiger partial charge is 0.348 e. The lowest BCUT2D eigenvalue weighted by Gasteiger charge is -2.06. The van der Waals surface area contributed by atoms with Crippen LogP contribution < -0.4 is 10.9 Å². The normalized spacial score (nSPS) is 10.6. The van der Waals surface area contributed by atoms with Crippen molar-refractivity contribution < 1.29 is 0 Å². The molecular weight excluding hydrogens is 296 g/mol. The third kappa shape index (κ3) is 2.81. The van der Waals surface area contributed by atoms with Crippen LogP contribution >= 0.6 is 15.9 Å². The van der Waals surface area contributed by atoms with Crippen LogP contribution in [0.2, 0.25) is 0 Å². The molecule has 2 rings (SSSR count). The van der Waals surface area contributed by atoms with Gasteiger partial charge in [0, 0.05) is 30.5 Å². The Balaban J connectivity index is 2.25. The van der Waals surface area contributed by atoms with Crippen molar-refractivity contribution in [2.45, 2.75) is 19.9 Å². The molecule has 0 spiro atoms. The highest BCUT2D eigenvalue weighted by Crippen LogP contribution is 2.16. The van der Waals surface area contributed by atoms with Gasteiger partial charge in [0.15, 0.2) is 0 Å². The van der Waals surface area contributed by atoms with Crippen molar-refractivity contribution in [3.05, 3.63) is 39.5 Å². The van der Waals surface area contributed by atoms with Crippen LogP contribution in [0.25, 0.3) is 0 Å². The lowest BCUT2D eigenvalue weighted by atomic mass is 10.4. The van der Waals surface area contributed by atoms with Crippen LogP contribution in [0, 0.1) is 0 Å². The van der Waals surface area contributed by atoms with Crippen molar-refractivity contribution >= 4 is 27.3 Å². The summed E-state index contributed by atoms with van der Waals surface area (Å²) < 4.78 is 4.24. The second-order valence-electron chi connectivity index (χ2n) is 4.11. The number of aromatic nitrogens is 3. The number of pyridine rings is 1. The first-order chi connectivity index (χ1) is 8.60. The van der Waals surface area contributed by atoms with Crippen molar-refractivity contribution in [3.63, 3.8) is 0 Å². The highest BCUT2D eigenvalue weighted by Gasteiger charge is 2.05. The van der Waals surface area contributed by atoms with Gasteiger partial charge in [0.1, 0.15) is 5.69 Å². The molecule has 0 aliphatic rings. The Labute approximate surface area is 114 Å². The minimum absolute atomic E-state index is 0.0681. The van der Waals surface area contributed by atoms with Gasteiger partial charge in [-0.2, -0.15) is 5.10 Å². The SMILES string of the molecule is CCCn1cc(Nc2cc(Br)cn(C)c2=O)cn1. The maximum atomic E-state index is 11.9. The molecule has 0 saturated heterocycles. The third-order valence-electron chi connectivity index (χ3n) is 2.51. The van der Waals surface area contributed by atoms with E-state index in [1.807, 2.05) is 10.9 Å². The van der Waals surface area contributed by atoms with E-state index < -0.39 is 0 Å². The number of nitrogens with one attached hydrogen (secondary N) is 1. The highest BCUT2D eigenvalue weighted by atomic mass is 79.9. The van der Waals surface area contributed by atoms with E-state index in [-0.39, 0.29) is 5.56 Å². The molecule has 0 unspecified atom stereocenters. The molecule has 2 aromatic heterocycles. The summed E-state index contributed by atoms with van der Waals surface area (Å²) in [6.07, 6.45) is 6.37. The molecule has 0 aliphatic carbocycles. The fraction of sp³-hybridized carbons (Fsp3) is 0.333. The summed E-state index contributed by atoms with van der Waals surface area (Å²) in [5, 5.41) is 7.30. The van der Waals surface area contributed by atoms with E-state index >= 15 is 0 Å². The monoisotopic (exact) mass is 310 g/mol. The van der Waals surface area contributed by atoms with Crippen LogP contribution in [0.5, 0.6) is 0 Å². The highest BCUT2D eigenvalue weighted by molar-refractivity contribution is 9.10. The van der Waals surface area contributed by atoms with Crippen LogP contribution in [-0.4, -0.2) is 14.3 Å². The molecule has 0 aromatic carbocycles. The molecule has 0 bridgehead atoms. The summed E-state index contributed by atoms with van der Waals surface area (Å²) >= 11 is 3.37. The molecule has 1 N–H and O–H groups in total. The standard InChI is InChI=1S/C12H15BrN4O/c1-3-4-17-8-10(6-14-17)15-11-5-9(13)7-16(2)12(11)18/h5-8,15H,3-4H2,1-2H3. The number of halogens is 1. The van der Waals surface area contributed by atoms with Gasteiger partial charge < -0.3 is 9.88 Å². The summed E-state index contributed by atoms with van der Waals surface area (Å²) in [6, 6.07) is 1.76. The van der Waals surface area contributed by atoms with E-state index in [0.29, 0.717) is 5.69 Å². The van der Waals surface area contributed by atoms with Gasteiger partial charge in [0.2, 0.25) is 0 Å². The lowest BCUT2D eigenvalue weighted by molar-refractivity contribution is 0.603. The second-order valence-corrected chi connectivity index (χ2v) is 5.02.